The lowest BCUT2D eigenvalue weighted by atomic mass is 10.2. The summed E-state index contributed by atoms with van der Waals surface area (Å²) in [5.41, 5.74) is 3.05. The topological polar surface area (TPSA) is 80.5 Å². The Morgan fingerprint density at radius 1 is 1.12 bits per heavy atom. The van der Waals surface area contributed by atoms with Crippen molar-refractivity contribution in [3.8, 4) is 10.3 Å². The zero-order valence-electron chi connectivity index (χ0n) is 13.3. The lowest BCUT2D eigenvalue weighted by Crippen LogP contribution is -1.95. The van der Waals surface area contributed by atoms with E-state index in [4.69, 9.17) is 4.74 Å². The molecule has 0 aliphatic rings. The van der Waals surface area contributed by atoms with Crippen LogP contribution in [0, 0.1) is 13.8 Å². The molecule has 0 fully saturated rings. The van der Waals surface area contributed by atoms with E-state index in [2.05, 4.69) is 19.9 Å². The monoisotopic (exact) mass is 340 g/mol. The van der Waals surface area contributed by atoms with Gasteiger partial charge in [0.05, 0.1) is 6.21 Å². The molecule has 0 saturated heterocycles. The third-order valence-electron chi connectivity index (χ3n) is 3.09. The molecule has 7 heteroatoms. The SMILES string of the molecule is Cc1cc(C)nc(/N=C/c2nc(OCc3ccccc3)sc2O)n1. The molecule has 0 saturated carbocycles. The molecule has 2 aromatic heterocycles. The van der Waals surface area contributed by atoms with Gasteiger partial charge in [-0.3, -0.25) is 0 Å². The van der Waals surface area contributed by atoms with Crippen molar-refractivity contribution in [1.29, 1.82) is 0 Å². The fourth-order valence-corrected chi connectivity index (χ4v) is 2.68. The summed E-state index contributed by atoms with van der Waals surface area (Å²) < 4.78 is 5.60. The Hall–Kier alpha value is -2.80. The number of benzene rings is 1. The van der Waals surface area contributed by atoms with Crippen molar-refractivity contribution in [1.82, 2.24) is 15.0 Å². The Kier molecular flexibility index (Phi) is 4.81. The molecule has 0 amide bonds. The second kappa shape index (κ2) is 7.18. The molecule has 0 aliphatic heterocycles. The van der Waals surface area contributed by atoms with Gasteiger partial charge in [0.25, 0.3) is 5.19 Å². The van der Waals surface area contributed by atoms with Gasteiger partial charge in [-0.05, 0) is 36.8 Å². The van der Waals surface area contributed by atoms with Crippen LogP contribution in [0.1, 0.15) is 22.6 Å². The Morgan fingerprint density at radius 3 is 2.54 bits per heavy atom. The molecule has 24 heavy (non-hydrogen) atoms. The van der Waals surface area contributed by atoms with E-state index in [0.717, 1.165) is 28.3 Å². The van der Waals surface area contributed by atoms with Crippen molar-refractivity contribution in [3.05, 3.63) is 59.0 Å². The number of rotatable bonds is 5. The van der Waals surface area contributed by atoms with Gasteiger partial charge in [-0.25, -0.2) is 15.0 Å². The summed E-state index contributed by atoms with van der Waals surface area (Å²) in [6, 6.07) is 11.6. The summed E-state index contributed by atoms with van der Waals surface area (Å²) in [7, 11) is 0. The molecule has 122 valence electrons. The number of thiazole rings is 1. The van der Waals surface area contributed by atoms with Crippen LogP contribution in [-0.2, 0) is 6.61 Å². The molecule has 2 heterocycles. The number of aryl methyl sites for hydroxylation is 2. The van der Waals surface area contributed by atoms with Crippen LogP contribution in [0.5, 0.6) is 10.3 Å². The zero-order valence-corrected chi connectivity index (χ0v) is 14.1. The van der Waals surface area contributed by atoms with E-state index in [1.54, 1.807) is 0 Å². The molecule has 6 nitrogen and oxygen atoms in total. The number of nitrogens with zero attached hydrogens (tertiary/aromatic N) is 4. The fourth-order valence-electron chi connectivity index (χ4n) is 2.05. The second-order valence-electron chi connectivity index (χ2n) is 5.15. The smallest absolute Gasteiger partial charge is 0.277 e. The molecule has 3 aromatic rings. The van der Waals surface area contributed by atoms with E-state index in [1.165, 1.54) is 6.21 Å². The standard InChI is InChI=1S/C17H16N4O2S/c1-11-8-12(2)20-16(19-11)18-9-14-15(22)24-17(21-14)23-10-13-6-4-3-5-7-13/h3-9,22H,10H2,1-2H3/b18-9+. The summed E-state index contributed by atoms with van der Waals surface area (Å²) in [6.07, 6.45) is 1.44. The quantitative estimate of drug-likeness (QED) is 0.718. The highest BCUT2D eigenvalue weighted by atomic mass is 32.1. The Balaban J connectivity index is 1.70. The van der Waals surface area contributed by atoms with Crippen LogP contribution < -0.4 is 4.74 Å². The second-order valence-corrected chi connectivity index (χ2v) is 6.09. The van der Waals surface area contributed by atoms with Crippen molar-refractivity contribution >= 4 is 23.5 Å². The first kappa shape index (κ1) is 16.1. The number of aromatic nitrogens is 3. The molecule has 0 aliphatic carbocycles. The van der Waals surface area contributed by atoms with Gasteiger partial charge in [0.1, 0.15) is 12.3 Å². The molecule has 0 bridgehead atoms. The summed E-state index contributed by atoms with van der Waals surface area (Å²) in [5, 5.41) is 10.4. The first-order valence-corrected chi connectivity index (χ1v) is 8.14. The highest BCUT2D eigenvalue weighted by Crippen LogP contribution is 2.30. The summed E-state index contributed by atoms with van der Waals surface area (Å²) in [4.78, 5) is 16.8. The number of aromatic hydroxyl groups is 1. The predicted octanol–water partition coefficient (Wildman–Crippen LogP) is 3.59. The van der Waals surface area contributed by atoms with E-state index >= 15 is 0 Å². The normalized spacial score (nSPS) is 11.1. The van der Waals surface area contributed by atoms with E-state index < -0.39 is 0 Å². The van der Waals surface area contributed by atoms with Gasteiger partial charge in [0.15, 0.2) is 0 Å². The molecule has 0 radical (unpaired) electrons. The Labute approximate surface area is 143 Å². The first-order valence-electron chi connectivity index (χ1n) is 7.33. The fraction of sp³-hybridized carbons (Fsp3) is 0.176. The maximum Gasteiger partial charge on any atom is 0.277 e. The highest BCUT2D eigenvalue weighted by Gasteiger charge is 2.10. The van der Waals surface area contributed by atoms with E-state index in [0.29, 0.717) is 23.4 Å². The first-order chi connectivity index (χ1) is 11.6. The van der Waals surface area contributed by atoms with Gasteiger partial charge in [0.2, 0.25) is 11.0 Å². The summed E-state index contributed by atoms with van der Waals surface area (Å²) in [5.74, 6) is 0.339. The van der Waals surface area contributed by atoms with Gasteiger partial charge >= 0.3 is 0 Å². The maximum atomic E-state index is 9.96. The van der Waals surface area contributed by atoms with Gasteiger partial charge in [0, 0.05) is 11.4 Å². The lowest BCUT2D eigenvalue weighted by Gasteiger charge is -2.01. The minimum absolute atomic E-state index is 0.0474. The van der Waals surface area contributed by atoms with Crippen LogP contribution in [0.4, 0.5) is 5.95 Å². The average molecular weight is 340 g/mol. The van der Waals surface area contributed by atoms with Crippen LogP contribution in [0.3, 0.4) is 0 Å². The largest absolute Gasteiger partial charge is 0.498 e. The predicted molar refractivity (Wildman–Crippen MR) is 93.3 cm³/mol. The average Bonchev–Trinajstić information content (AvgIpc) is 2.91. The van der Waals surface area contributed by atoms with Crippen LogP contribution in [0.2, 0.25) is 0 Å². The van der Waals surface area contributed by atoms with Gasteiger partial charge in [-0.1, -0.05) is 30.3 Å². The van der Waals surface area contributed by atoms with Crippen molar-refractivity contribution in [2.24, 2.45) is 4.99 Å². The van der Waals surface area contributed by atoms with Gasteiger partial charge in [-0.2, -0.15) is 4.98 Å². The lowest BCUT2D eigenvalue weighted by molar-refractivity contribution is 0.304. The van der Waals surface area contributed by atoms with E-state index in [1.807, 2.05) is 50.2 Å². The third kappa shape index (κ3) is 4.14. The molecule has 3 rings (SSSR count). The van der Waals surface area contributed by atoms with Gasteiger partial charge in [-0.15, -0.1) is 0 Å². The van der Waals surface area contributed by atoms with E-state index in [9.17, 15) is 5.11 Å². The van der Waals surface area contributed by atoms with Crippen LogP contribution >= 0.6 is 11.3 Å². The van der Waals surface area contributed by atoms with E-state index in [-0.39, 0.29) is 5.06 Å². The Bertz CT molecular complexity index is 842. The molecule has 0 unspecified atom stereocenters. The summed E-state index contributed by atoms with van der Waals surface area (Å²) in [6.45, 7) is 4.15. The number of ether oxygens (including phenoxy) is 1. The van der Waals surface area contributed by atoms with Gasteiger partial charge < -0.3 is 9.84 Å². The molecular weight excluding hydrogens is 324 g/mol. The third-order valence-corrected chi connectivity index (χ3v) is 3.88. The Morgan fingerprint density at radius 2 is 1.83 bits per heavy atom. The molecule has 1 N–H and O–H groups in total. The van der Waals surface area contributed by atoms with Crippen LogP contribution in [-0.4, -0.2) is 26.3 Å². The summed E-state index contributed by atoms with van der Waals surface area (Å²) >= 11 is 1.07. The van der Waals surface area contributed by atoms with Crippen molar-refractivity contribution in [2.75, 3.05) is 0 Å². The molecule has 1 aromatic carbocycles. The molecular formula is C17H16N4O2S. The van der Waals surface area contributed by atoms with Crippen molar-refractivity contribution < 1.29 is 9.84 Å². The highest BCUT2D eigenvalue weighted by molar-refractivity contribution is 7.15. The minimum atomic E-state index is 0.0474. The van der Waals surface area contributed by atoms with Crippen molar-refractivity contribution in [2.45, 2.75) is 20.5 Å². The zero-order chi connectivity index (χ0) is 16.9. The minimum Gasteiger partial charge on any atom is -0.498 e. The number of hydrogen-bond acceptors (Lipinski definition) is 7. The number of hydrogen-bond donors (Lipinski definition) is 1. The molecule has 0 spiro atoms. The number of aliphatic imine (C=N–C) groups is 1. The maximum absolute atomic E-state index is 9.96. The van der Waals surface area contributed by atoms with Crippen molar-refractivity contribution in [3.63, 3.8) is 0 Å². The van der Waals surface area contributed by atoms with Crippen LogP contribution in [0.15, 0.2) is 41.4 Å². The van der Waals surface area contributed by atoms with Crippen LogP contribution in [0.25, 0.3) is 0 Å². The molecule has 0 atom stereocenters.